The van der Waals surface area contributed by atoms with Crippen molar-refractivity contribution in [2.45, 2.75) is 0 Å². The van der Waals surface area contributed by atoms with Crippen molar-refractivity contribution in [3.63, 3.8) is 0 Å². The maximum atomic E-state index is 4.55. The van der Waals surface area contributed by atoms with E-state index in [4.69, 9.17) is 0 Å². The van der Waals surface area contributed by atoms with Gasteiger partial charge in [-0.05, 0) is 12.2 Å². The van der Waals surface area contributed by atoms with Crippen molar-refractivity contribution >= 4 is 0 Å². The first kappa shape index (κ1) is 3.28. The first-order valence-electron chi connectivity index (χ1n) is 1.73. The SMILES string of the molecule is C1=CN[17O]C=C1. The van der Waals surface area contributed by atoms with E-state index in [0.717, 1.165) is 0 Å². The van der Waals surface area contributed by atoms with Crippen LogP contribution in [0.2, 0.25) is 0 Å². The van der Waals surface area contributed by atoms with Crippen LogP contribution in [0.4, 0.5) is 0 Å². The van der Waals surface area contributed by atoms with Crippen LogP contribution in [-0.4, -0.2) is 0 Å². The molecule has 6 heavy (non-hydrogen) atoms. The normalized spacial score (nSPS) is 16.0. The second-order valence-corrected chi connectivity index (χ2v) is 0.923. The molecule has 1 N–H and O–H groups in total. The third-order valence-electron chi connectivity index (χ3n) is 0.490. The second-order valence-electron chi connectivity index (χ2n) is 0.923. The highest BCUT2D eigenvalue weighted by atomic mass is 17.5. The third-order valence-corrected chi connectivity index (χ3v) is 0.490. The summed E-state index contributed by atoms with van der Waals surface area (Å²) in [7, 11) is 0. The Labute approximate surface area is 36.1 Å². The molecule has 32 valence electrons. The molecule has 0 radical (unpaired) electrons. The minimum absolute atomic E-state index is 1.57. The van der Waals surface area contributed by atoms with E-state index >= 15 is 0 Å². The van der Waals surface area contributed by atoms with Crippen LogP contribution in [0.3, 0.4) is 0 Å². The van der Waals surface area contributed by atoms with Crippen molar-refractivity contribution in [3.05, 3.63) is 24.6 Å². The van der Waals surface area contributed by atoms with Crippen LogP contribution in [0.5, 0.6) is 0 Å². The van der Waals surface area contributed by atoms with Gasteiger partial charge in [0, 0.05) is 6.20 Å². The Kier molecular flexibility index (Phi) is 0.819. The molecule has 2 heteroatoms. The largest absolute Gasteiger partial charge is 0.391 e. The van der Waals surface area contributed by atoms with Crippen LogP contribution < -0.4 is 5.48 Å². The van der Waals surface area contributed by atoms with Gasteiger partial charge in [0.1, 0.15) is 6.26 Å². The number of hydroxylamine groups is 1. The van der Waals surface area contributed by atoms with E-state index < -0.39 is 0 Å². The topological polar surface area (TPSA) is 21.3 Å². The van der Waals surface area contributed by atoms with Gasteiger partial charge in [-0.25, -0.2) is 5.48 Å². The van der Waals surface area contributed by atoms with E-state index in [-0.39, 0.29) is 0 Å². The zero-order chi connectivity index (χ0) is 4.24. The Hall–Kier alpha value is -0.920. The summed E-state index contributed by atoms with van der Waals surface area (Å²) in [5.74, 6) is 0. The van der Waals surface area contributed by atoms with Crippen molar-refractivity contribution in [1.29, 1.82) is 0 Å². The number of hydrogen-bond acceptors (Lipinski definition) is 2. The van der Waals surface area contributed by atoms with E-state index in [9.17, 15) is 0 Å². The average molecular weight is 84.1 g/mol. The lowest BCUT2D eigenvalue weighted by atomic mass is 10.6. The number of allylic oxidation sites excluding steroid dienone is 2. The van der Waals surface area contributed by atoms with Crippen molar-refractivity contribution in [3.8, 4) is 0 Å². The average Bonchev–Trinajstić information content (AvgIpc) is 1.72. The molecular formula is C4H5NO. The monoisotopic (exact) mass is 84.0 g/mol. The zero-order valence-corrected chi connectivity index (χ0v) is 3.22. The minimum atomic E-state index is 1.57. The molecule has 0 atom stereocenters. The molecule has 0 aromatic heterocycles. The molecule has 0 aliphatic carbocycles. The molecule has 0 bridgehead atoms. The molecule has 1 aliphatic rings. The quantitative estimate of drug-likeness (QED) is 0.462. The number of rotatable bonds is 0. The number of nitrogens with one attached hydrogen (secondary N) is 1. The van der Waals surface area contributed by atoms with Gasteiger partial charge in [-0.3, -0.25) is 0 Å². The first-order valence-corrected chi connectivity index (χ1v) is 1.73. The predicted molar refractivity (Wildman–Crippen MR) is 22.5 cm³/mol. The van der Waals surface area contributed by atoms with Gasteiger partial charge in [0.05, 0.1) is 0 Å². The van der Waals surface area contributed by atoms with Gasteiger partial charge >= 0.3 is 0 Å². The van der Waals surface area contributed by atoms with Gasteiger partial charge in [-0.15, -0.1) is 0 Å². The van der Waals surface area contributed by atoms with Crippen molar-refractivity contribution in [1.82, 2.24) is 5.48 Å². The van der Waals surface area contributed by atoms with E-state index in [1.165, 1.54) is 0 Å². The Morgan fingerprint density at radius 2 is 2.33 bits per heavy atom. The lowest BCUT2D eigenvalue weighted by molar-refractivity contribution is 0.172. The summed E-state index contributed by atoms with van der Waals surface area (Å²) in [6.45, 7) is 0. The predicted octanol–water partition coefficient (Wildman–Crippen LogP) is 0.549. The van der Waals surface area contributed by atoms with Gasteiger partial charge in [0.2, 0.25) is 0 Å². The maximum Gasteiger partial charge on any atom is 0.119 e. The summed E-state index contributed by atoms with van der Waals surface area (Å²) in [6, 6.07) is 0. The molecule has 0 aromatic rings. The number of hydrogen-bond donors (Lipinski definition) is 1. The molecule has 2 nitrogen and oxygen atoms in total. The van der Waals surface area contributed by atoms with Gasteiger partial charge in [0.25, 0.3) is 0 Å². The maximum absolute atomic E-state index is 4.55. The second kappa shape index (κ2) is 1.50. The molecular weight excluding hydrogens is 79.1 g/mol. The minimum Gasteiger partial charge on any atom is -0.391 e. The van der Waals surface area contributed by atoms with Crippen molar-refractivity contribution in [2.75, 3.05) is 0 Å². The summed E-state index contributed by atoms with van der Waals surface area (Å²) in [5, 5.41) is 0. The molecule has 1 heterocycles. The molecule has 0 aromatic carbocycles. The summed E-state index contributed by atoms with van der Waals surface area (Å²) in [5.41, 5.74) is 2.52. The fraction of sp³-hybridized carbons (Fsp3) is 0. The van der Waals surface area contributed by atoms with Crippen molar-refractivity contribution < 1.29 is 4.84 Å². The van der Waals surface area contributed by atoms with Gasteiger partial charge in [-0.2, -0.15) is 0 Å². The molecule has 1 rings (SSSR count). The lowest BCUT2D eigenvalue weighted by Gasteiger charge is -1.97. The molecule has 0 saturated heterocycles. The summed E-state index contributed by atoms with van der Waals surface area (Å²) in [6.07, 6.45) is 6.93. The van der Waals surface area contributed by atoms with Crippen molar-refractivity contribution in [2.24, 2.45) is 0 Å². The fourth-order valence-electron chi connectivity index (χ4n) is 0.258. The summed E-state index contributed by atoms with van der Waals surface area (Å²) in [4.78, 5) is 4.55. The highest BCUT2D eigenvalue weighted by Gasteiger charge is 1.72. The Balaban J connectivity index is 2.46. The molecule has 0 amide bonds. The highest BCUT2D eigenvalue weighted by molar-refractivity contribution is 5.00. The molecule has 0 saturated carbocycles. The Morgan fingerprint density at radius 3 is 2.50 bits per heavy atom. The first-order chi connectivity index (χ1) is 3.00. The lowest BCUT2D eigenvalue weighted by Crippen LogP contribution is -2.01. The fourth-order valence-corrected chi connectivity index (χ4v) is 0.258. The van der Waals surface area contributed by atoms with Crippen LogP contribution in [0.15, 0.2) is 24.6 Å². The van der Waals surface area contributed by atoms with Crippen LogP contribution >= 0.6 is 0 Å². The van der Waals surface area contributed by atoms with Gasteiger partial charge in [0.15, 0.2) is 0 Å². The molecule has 1 aliphatic heterocycles. The van der Waals surface area contributed by atoms with E-state index in [2.05, 4.69) is 10.3 Å². The Bertz CT molecular complexity index is 73.5. The van der Waals surface area contributed by atoms with Crippen LogP contribution in [-0.2, 0) is 4.84 Å². The van der Waals surface area contributed by atoms with Gasteiger partial charge < -0.3 is 4.84 Å². The van der Waals surface area contributed by atoms with E-state index in [1.54, 1.807) is 18.5 Å². The molecule has 0 spiro atoms. The van der Waals surface area contributed by atoms with E-state index in [1.807, 2.05) is 6.08 Å². The molecule has 0 unspecified atom stereocenters. The third kappa shape index (κ3) is 0.516. The summed E-state index contributed by atoms with van der Waals surface area (Å²) >= 11 is 0. The van der Waals surface area contributed by atoms with E-state index in [0.29, 0.717) is 0 Å². The highest BCUT2D eigenvalue weighted by Crippen LogP contribution is 1.80. The smallest absolute Gasteiger partial charge is 0.119 e. The Morgan fingerprint density at radius 1 is 1.33 bits per heavy atom. The zero-order valence-electron chi connectivity index (χ0n) is 3.22. The standard InChI is InChI=1S/C4H5NO/c1-2-4-6-5-3-1/h1-5H/i6+1. The van der Waals surface area contributed by atoms with Crippen LogP contribution in [0.1, 0.15) is 0 Å². The summed E-state index contributed by atoms with van der Waals surface area (Å²) < 4.78 is 0. The van der Waals surface area contributed by atoms with Gasteiger partial charge in [-0.1, -0.05) is 0 Å². The van der Waals surface area contributed by atoms with Crippen LogP contribution in [0, 0.1) is 0 Å². The van der Waals surface area contributed by atoms with Crippen LogP contribution in [0.25, 0.3) is 0 Å². The molecule has 0 fully saturated rings.